The van der Waals surface area contributed by atoms with Crippen molar-refractivity contribution in [2.45, 2.75) is 19.4 Å². The second-order valence-electron chi connectivity index (χ2n) is 7.59. The Morgan fingerprint density at radius 1 is 0.897 bits per heavy atom. The quantitative estimate of drug-likeness (QED) is 0.627. The number of pyridine rings is 1. The molecule has 0 bridgehead atoms. The molecule has 6 heteroatoms. The standard InChI is InChI=1S/C23H27N3O2S/c27-29(28,17-11-22-9-3-8-21-7-1-2-10-23(21)22)26-14-5-13-25(15-16-26)19-20-6-4-12-24-18-20/h1-4,6-10,12,18H,5,11,13-17,19H2. The van der Waals surface area contributed by atoms with Crippen molar-refractivity contribution in [2.75, 3.05) is 31.9 Å². The molecule has 5 nitrogen and oxygen atoms in total. The Morgan fingerprint density at radius 3 is 2.62 bits per heavy atom. The molecule has 1 saturated heterocycles. The van der Waals surface area contributed by atoms with E-state index in [1.165, 1.54) is 5.56 Å². The topological polar surface area (TPSA) is 53.5 Å². The first-order valence-corrected chi connectivity index (χ1v) is 11.8. The number of rotatable bonds is 6. The Labute approximate surface area is 173 Å². The number of hydrogen-bond donors (Lipinski definition) is 0. The Bertz CT molecular complexity index is 1050. The van der Waals surface area contributed by atoms with Gasteiger partial charge in [0, 0.05) is 38.6 Å². The molecule has 0 amide bonds. The molecule has 152 valence electrons. The summed E-state index contributed by atoms with van der Waals surface area (Å²) in [5.41, 5.74) is 2.26. The van der Waals surface area contributed by atoms with Gasteiger partial charge in [-0.05, 0) is 47.4 Å². The largest absolute Gasteiger partial charge is 0.298 e. The molecule has 0 atom stereocenters. The van der Waals surface area contributed by atoms with E-state index in [0.29, 0.717) is 19.5 Å². The first-order chi connectivity index (χ1) is 14.1. The van der Waals surface area contributed by atoms with Crippen LogP contribution in [-0.2, 0) is 23.0 Å². The van der Waals surface area contributed by atoms with Crippen LogP contribution in [0, 0.1) is 0 Å². The molecule has 0 radical (unpaired) electrons. The van der Waals surface area contributed by atoms with E-state index >= 15 is 0 Å². The van der Waals surface area contributed by atoms with Gasteiger partial charge in [-0.25, -0.2) is 12.7 Å². The molecule has 0 N–H and O–H groups in total. The molecular formula is C23H27N3O2S. The highest BCUT2D eigenvalue weighted by atomic mass is 32.2. The number of sulfonamides is 1. The van der Waals surface area contributed by atoms with Crippen LogP contribution in [0.5, 0.6) is 0 Å². The van der Waals surface area contributed by atoms with Crippen molar-refractivity contribution in [2.24, 2.45) is 0 Å². The molecule has 2 aromatic carbocycles. The highest BCUT2D eigenvalue weighted by molar-refractivity contribution is 7.89. The molecule has 2 heterocycles. The van der Waals surface area contributed by atoms with Gasteiger partial charge in [-0.3, -0.25) is 9.88 Å². The van der Waals surface area contributed by atoms with E-state index in [0.717, 1.165) is 42.4 Å². The third-order valence-corrected chi connectivity index (χ3v) is 7.45. The first kappa shape index (κ1) is 20.0. The summed E-state index contributed by atoms with van der Waals surface area (Å²) in [7, 11) is -3.28. The fourth-order valence-electron chi connectivity index (χ4n) is 4.01. The van der Waals surface area contributed by atoms with E-state index in [1.807, 2.05) is 36.5 Å². The van der Waals surface area contributed by atoms with Crippen LogP contribution >= 0.6 is 0 Å². The van der Waals surface area contributed by atoms with Gasteiger partial charge in [0.15, 0.2) is 0 Å². The van der Waals surface area contributed by atoms with Gasteiger partial charge in [0.2, 0.25) is 10.0 Å². The fourth-order valence-corrected chi connectivity index (χ4v) is 5.52. The molecule has 0 aliphatic carbocycles. The van der Waals surface area contributed by atoms with Crippen LogP contribution in [-0.4, -0.2) is 54.5 Å². The lowest BCUT2D eigenvalue weighted by Crippen LogP contribution is -2.37. The maximum atomic E-state index is 13.0. The average molecular weight is 410 g/mol. The maximum absolute atomic E-state index is 13.0. The van der Waals surface area contributed by atoms with E-state index in [1.54, 1.807) is 10.5 Å². The van der Waals surface area contributed by atoms with Gasteiger partial charge in [-0.2, -0.15) is 0 Å². The minimum absolute atomic E-state index is 0.156. The Kier molecular flexibility index (Phi) is 6.23. The van der Waals surface area contributed by atoms with Crippen LogP contribution in [0.25, 0.3) is 10.8 Å². The molecule has 0 unspecified atom stereocenters. The molecular weight excluding hydrogens is 382 g/mol. The van der Waals surface area contributed by atoms with Crippen molar-refractivity contribution in [1.82, 2.24) is 14.2 Å². The summed E-state index contributed by atoms with van der Waals surface area (Å²) >= 11 is 0. The summed E-state index contributed by atoms with van der Waals surface area (Å²) in [6, 6.07) is 18.3. The highest BCUT2D eigenvalue weighted by Gasteiger charge is 2.25. The molecule has 4 rings (SSSR count). The summed E-state index contributed by atoms with van der Waals surface area (Å²) in [6.45, 7) is 3.63. The van der Waals surface area contributed by atoms with E-state index in [4.69, 9.17) is 0 Å². The zero-order valence-corrected chi connectivity index (χ0v) is 17.4. The van der Waals surface area contributed by atoms with Crippen LogP contribution in [0.1, 0.15) is 17.5 Å². The summed E-state index contributed by atoms with van der Waals surface area (Å²) in [6.07, 6.45) is 5.05. The molecule has 3 aromatic rings. The third kappa shape index (κ3) is 5.01. The normalized spacial score (nSPS) is 16.7. The zero-order valence-electron chi connectivity index (χ0n) is 16.6. The van der Waals surface area contributed by atoms with Gasteiger partial charge >= 0.3 is 0 Å². The fraction of sp³-hybridized carbons (Fsp3) is 0.348. The van der Waals surface area contributed by atoms with Gasteiger partial charge in [-0.1, -0.05) is 48.5 Å². The predicted octanol–water partition coefficient (Wildman–Crippen LogP) is 3.32. The first-order valence-electron chi connectivity index (χ1n) is 10.2. The zero-order chi connectivity index (χ0) is 20.1. The SMILES string of the molecule is O=S(=O)(CCc1cccc2ccccc12)N1CCCN(Cc2cccnc2)CC1. The minimum Gasteiger partial charge on any atom is -0.298 e. The van der Waals surface area contributed by atoms with Crippen LogP contribution in [0.15, 0.2) is 67.0 Å². The van der Waals surface area contributed by atoms with Crippen molar-refractivity contribution < 1.29 is 8.42 Å². The van der Waals surface area contributed by atoms with Crippen molar-refractivity contribution in [3.8, 4) is 0 Å². The molecule has 0 saturated carbocycles. The van der Waals surface area contributed by atoms with Gasteiger partial charge in [0.1, 0.15) is 0 Å². The highest BCUT2D eigenvalue weighted by Crippen LogP contribution is 2.20. The number of benzene rings is 2. The third-order valence-electron chi connectivity index (χ3n) is 5.58. The molecule has 1 fully saturated rings. The monoisotopic (exact) mass is 409 g/mol. The van der Waals surface area contributed by atoms with Crippen molar-refractivity contribution >= 4 is 20.8 Å². The molecule has 29 heavy (non-hydrogen) atoms. The Morgan fingerprint density at radius 2 is 1.76 bits per heavy atom. The van der Waals surface area contributed by atoms with E-state index in [2.05, 4.69) is 34.1 Å². The summed E-state index contributed by atoms with van der Waals surface area (Å²) < 4.78 is 27.7. The number of fused-ring (bicyclic) bond motifs is 1. The van der Waals surface area contributed by atoms with E-state index < -0.39 is 10.0 Å². The van der Waals surface area contributed by atoms with Crippen molar-refractivity contribution in [1.29, 1.82) is 0 Å². The number of nitrogens with zero attached hydrogens (tertiary/aromatic N) is 3. The van der Waals surface area contributed by atoms with Crippen molar-refractivity contribution in [3.63, 3.8) is 0 Å². The smallest absolute Gasteiger partial charge is 0.214 e. The minimum atomic E-state index is -3.28. The van der Waals surface area contributed by atoms with Gasteiger partial charge in [0.05, 0.1) is 5.75 Å². The van der Waals surface area contributed by atoms with Gasteiger partial charge < -0.3 is 0 Å². The van der Waals surface area contributed by atoms with Gasteiger partial charge in [0.25, 0.3) is 0 Å². The van der Waals surface area contributed by atoms with E-state index in [9.17, 15) is 8.42 Å². The lowest BCUT2D eigenvalue weighted by atomic mass is 10.0. The number of hydrogen-bond acceptors (Lipinski definition) is 4. The number of aromatic nitrogens is 1. The summed E-state index contributed by atoms with van der Waals surface area (Å²) in [5.74, 6) is 0.156. The lowest BCUT2D eigenvalue weighted by molar-refractivity contribution is 0.278. The Balaban J connectivity index is 1.38. The van der Waals surface area contributed by atoms with Crippen LogP contribution in [0.3, 0.4) is 0 Å². The average Bonchev–Trinajstić information content (AvgIpc) is 2.99. The molecule has 1 aliphatic heterocycles. The maximum Gasteiger partial charge on any atom is 0.214 e. The van der Waals surface area contributed by atoms with Crippen molar-refractivity contribution in [3.05, 3.63) is 78.1 Å². The molecule has 0 spiro atoms. The lowest BCUT2D eigenvalue weighted by Gasteiger charge is -2.22. The summed E-state index contributed by atoms with van der Waals surface area (Å²) in [4.78, 5) is 6.49. The van der Waals surface area contributed by atoms with Crippen LogP contribution in [0.4, 0.5) is 0 Å². The second-order valence-corrected chi connectivity index (χ2v) is 9.68. The van der Waals surface area contributed by atoms with Crippen LogP contribution < -0.4 is 0 Å². The van der Waals surface area contributed by atoms with E-state index in [-0.39, 0.29) is 5.75 Å². The number of aryl methyl sites for hydroxylation is 1. The molecule has 1 aromatic heterocycles. The van der Waals surface area contributed by atoms with Gasteiger partial charge in [-0.15, -0.1) is 0 Å². The van der Waals surface area contributed by atoms with Crippen LogP contribution in [0.2, 0.25) is 0 Å². The molecule has 1 aliphatic rings. The Hall–Kier alpha value is -2.28. The predicted molar refractivity (Wildman–Crippen MR) is 117 cm³/mol. The second kappa shape index (κ2) is 9.03. The summed E-state index contributed by atoms with van der Waals surface area (Å²) in [5, 5.41) is 2.30.